The highest BCUT2D eigenvalue weighted by molar-refractivity contribution is 6.18. The van der Waals surface area contributed by atoms with Crippen LogP contribution in [0.4, 0.5) is 0 Å². The Labute approximate surface area is 323 Å². The fourth-order valence-corrected chi connectivity index (χ4v) is 7.98. The van der Waals surface area contributed by atoms with Gasteiger partial charge in [0.2, 0.25) is 0 Å². The number of nitrogens with zero attached hydrogens (tertiary/aromatic N) is 2. The van der Waals surface area contributed by atoms with Crippen molar-refractivity contribution in [2.75, 3.05) is 0 Å². The van der Waals surface area contributed by atoms with Crippen LogP contribution in [0.3, 0.4) is 0 Å². The van der Waals surface area contributed by atoms with Gasteiger partial charge >= 0.3 is 0 Å². The van der Waals surface area contributed by atoms with E-state index in [4.69, 9.17) is 18.8 Å². The van der Waals surface area contributed by atoms with Crippen LogP contribution in [0.1, 0.15) is 0 Å². The maximum Gasteiger partial charge on any atom is 0.160 e. The Morgan fingerprint density at radius 3 is 1.52 bits per heavy atom. The number of aromatic nitrogens is 2. The van der Waals surface area contributed by atoms with Gasteiger partial charge in [-0.25, -0.2) is 9.97 Å². The van der Waals surface area contributed by atoms with Crippen LogP contribution in [-0.2, 0) is 0 Å². The molecule has 0 spiro atoms. The van der Waals surface area contributed by atoms with Crippen LogP contribution in [0.25, 0.3) is 111 Å². The second-order valence-electron chi connectivity index (χ2n) is 14.1. The molecular formula is C52H32N2O2. The van der Waals surface area contributed by atoms with E-state index in [9.17, 15) is 0 Å². The first kappa shape index (κ1) is 31.9. The summed E-state index contributed by atoms with van der Waals surface area (Å²) in [7, 11) is 0. The van der Waals surface area contributed by atoms with Gasteiger partial charge in [0, 0.05) is 49.4 Å². The van der Waals surface area contributed by atoms with E-state index in [0.717, 1.165) is 94.2 Å². The van der Waals surface area contributed by atoms with Gasteiger partial charge in [-0.05, 0) is 46.5 Å². The molecule has 11 aromatic rings. The third kappa shape index (κ3) is 5.39. The number of hydrogen-bond donors (Lipinski definition) is 0. The van der Waals surface area contributed by atoms with Crippen LogP contribution in [0.5, 0.6) is 0 Å². The molecule has 262 valence electrons. The minimum absolute atomic E-state index is 0.674. The number of hydrogen-bond acceptors (Lipinski definition) is 4. The van der Waals surface area contributed by atoms with Crippen molar-refractivity contribution in [3.05, 3.63) is 194 Å². The lowest BCUT2D eigenvalue weighted by Gasteiger charge is -2.11. The van der Waals surface area contributed by atoms with Crippen LogP contribution in [0.15, 0.2) is 203 Å². The van der Waals surface area contributed by atoms with Crippen LogP contribution in [0.2, 0.25) is 0 Å². The van der Waals surface area contributed by atoms with Crippen molar-refractivity contribution >= 4 is 43.9 Å². The lowest BCUT2D eigenvalue weighted by molar-refractivity contribution is 0.665. The van der Waals surface area contributed by atoms with Gasteiger partial charge in [0.1, 0.15) is 22.3 Å². The number of para-hydroxylation sites is 3. The molecule has 8 aromatic carbocycles. The van der Waals surface area contributed by atoms with Gasteiger partial charge in [0.15, 0.2) is 5.82 Å². The summed E-state index contributed by atoms with van der Waals surface area (Å²) in [6.45, 7) is 0. The molecule has 0 radical (unpaired) electrons. The molecule has 0 aliphatic heterocycles. The minimum Gasteiger partial charge on any atom is -0.455 e. The fourth-order valence-electron chi connectivity index (χ4n) is 7.98. The smallest absolute Gasteiger partial charge is 0.160 e. The second kappa shape index (κ2) is 13.1. The zero-order valence-corrected chi connectivity index (χ0v) is 30.2. The van der Waals surface area contributed by atoms with E-state index in [0.29, 0.717) is 5.82 Å². The molecule has 0 fully saturated rings. The molecule has 0 aliphatic carbocycles. The van der Waals surface area contributed by atoms with Crippen LogP contribution < -0.4 is 0 Å². The van der Waals surface area contributed by atoms with Crippen LogP contribution in [0, 0.1) is 0 Å². The maximum absolute atomic E-state index is 6.70. The Bertz CT molecular complexity index is 3220. The summed E-state index contributed by atoms with van der Waals surface area (Å²) in [4.78, 5) is 10.2. The Kier molecular flexibility index (Phi) is 7.46. The molecule has 4 heteroatoms. The molecule has 0 N–H and O–H groups in total. The van der Waals surface area contributed by atoms with E-state index in [1.807, 2.05) is 48.5 Å². The predicted molar refractivity (Wildman–Crippen MR) is 229 cm³/mol. The highest BCUT2D eigenvalue weighted by atomic mass is 16.3. The van der Waals surface area contributed by atoms with Gasteiger partial charge in [-0.3, -0.25) is 0 Å². The summed E-state index contributed by atoms with van der Waals surface area (Å²) in [5.41, 5.74) is 14.7. The molecule has 0 atom stereocenters. The first-order valence-corrected chi connectivity index (χ1v) is 18.8. The fraction of sp³-hybridized carbons (Fsp3) is 0. The zero-order chi connectivity index (χ0) is 37.0. The Balaban J connectivity index is 1.02. The van der Waals surface area contributed by atoms with E-state index in [1.165, 1.54) is 11.1 Å². The quantitative estimate of drug-likeness (QED) is 0.172. The van der Waals surface area contributed by atoms with Gasteiger partial charge < -0.3 is 8.83 Å². The first-order valence-electron chi connectivity index (χ1n) is 18.8. The van der Waals surface area contributed by atoms with Crippen molar-refractivity contribution in [2.45, 2.75) is 0 Å². The van der Waals surface area contributed by atoms with Crippen molar-refractivity contribution in [1.29, 1.82) is 0 Å². The summed E-state index contributed by atoms with van der Waals surface area (Å²) in [6, 6.07) is 67.2. The van der Waals surface area contributed by atoms with Gasteiger partial charge in [-0.2, -0.15) is 0 Å². The number of benzene rings is 8. The number of furan rings is 2. The zero-order valence-electron chi connectivity index (χ0n) is 30.2. The highest BCUT2D eigenvalue weighted by Gasteiger charge is 2.21. The Hall–Kier alpha value is -7.56. The SMILES string of the molecule is c1ccc(-c2ccc(-c3cc(-c4ccccc4)nc(-c4ccc(-c5ccc(-c6cccc7c6oc6ccccc67)c6oc7ccccc7c56)cc4)n3)cc2)cc1. The third-order valence-corrected chi connectivity index (χ3v) is 10.8. The molecule has 56 heavy (non-hydrogen) atoms. The Morgan fingerprint density at radius 2 is 0.786 bits per heavy atom. The lowest BCUT2D eigenvalue weighted by Crippen LogP contribution is -1.96. The highest BCUT2D eigenvalue weighted by Crippen LogP contribution is 2.44. The summed E-state index contributed by atoms with van der Waals surface area (Å²) < 4.78 is 13.2. The van der Waals surface area contributed by atoms with Gasteiger partial charge in [0.25, 0.3) is 0 Å². The van der Waals surface area contributed by atoms with Crippen molar-refractivity contribution in [1.82, 2.24) is 9.97 Å². The first-order chi connectivity index (χ1) is 27.7. The van der Waals surface area contributed by atoms with Crippen LogP contribution in [-0.4, -0.2) is 9.97 Å². The average molecular weight is 717 g/mol. The van der Waals surface area contributed by atoms with E-state index in [2.05, 4.69) is 146 Å². The second-order valence-corrected chi connectivity index (χ2v) is 14.1. The molecule has 0 saturated carbocycles. The van der Waals surface area contributed by atoms with E-state index in [-0.39, 0.29) is 0 Å². The molecular weight excluding hydrogens is 685 g/mol. The lowest BCUT2D eigenvalue weighted by atomic mass is 9.93. The Morgan fingerprint density at radius 1 is 0.304 bits per heavy atom. The summed E-state index contributed by atoms with van der Waals surface area (Å²) in [6.07, 6.45) is 0. The van der Waals surface area contributed by atoms with E-state index < -0.39 is 0 Å². The third-order valence-electron chi connectivity index (χ3n) is 10.8. The molecule has 11 rings (SSSR count). The molecule has 0 amide bonds. The molecule has 0 saturated heterocycles. The van der Waals surface area contributed by atoms with Gasteiger partial charge in [0.05, 0.1) is 11.4 Å². The summed E-state index contributed by atoms with van der Waals surface area (Å²) in [5.74, 6) is 0.674. The normalized spacial score (nSPS) is 11.6. The maximum atomic E-state index is 6.70. The van der Waals surface area contributed by atoms with Crippen molar-refractivity contribution in [3.63, 3.8) is 0 Å². The van der Waals surface area contributed by atoms with E-state index >= 15 is 0 Å². The van der Waals surface area contributed by atoms with Gasteiger partial charge in [-0.1, -0.05) is 170 Å². The molecule has 3 aromatic heterocycles. The average Bonchev–Trinajstić information content (AvgIpc) is 3.86. The predicted octanol–water partition coefficient (Wildman–Crippen LogP) is 14.3. The molecule has 4 nitrogen and oxygen atoms in total. The molecule has 0 aliphatic rings. The summed E-state index contributed by atoms with van der Waals surface area (Å²) in [5, 5.41) is 4.34. The topological polar surface area (TPSA) is 52.1 Å². The number of rotatable bonds is 6. The van der Waals surface area contributed by atoms with E-state index in [1.54, 1.807) is 0 Å². The molecule has 3 heterocycles. The largest absolute Gasteiger partial charge is 0.455 e. The minimum atomic E-state index is 0.674. The monoisotopic (exact) mass is 716 g/mol. The van der Waals surface area contributed by atoms with Crippen molar-refractivity contribution in [3.8, 4) is 67.3 Å². The van der Waals surface area contributed by atoms with Crippen molar-refractivity contribution in [2.24, 2.45) is 0 Å². The van der Waals surface area contributed by atoms with Crippen LogP contribution >= 0.6 is 0 Å². The number of fused-ring (bicyclic) bond motifs is 6. The standard InChI is InChI=1S/C52H32N2O2/c1-3-12-33(13-4-1)34-22-26-37(27-23-34)46-32-45(36-14-5-2-6-15-36)53-52(54-46)38-28-24-35(25-29-38)39-30-31-43(51-49(39)44-17-8-10-21-48(44)56-51)42-19-11-18-41-40-16-7-9-20-47(40)55-50(41)42/h1-32H. The van der Waals surface area contributed by atoms with Gasteiger partial charge in [-0.15, -0.1) is 0 Å². The molecule has 0 bridgehead atoms. The molecule has 0 unspecified atom stereocenters. The van der Waals surface area contributed by atoms with Crippen molar-refractivity contribution < 1.29 is 8.83 Å². The summed E-state index contributed by atoms with van der Waals surface area (Å²) >= 11 is 0.